The molecule has 7 heteroatoms. The maximum atomic E-state index is 11.6. The van der Waals surface area contributed by atoms with Gasteiger partial charge in [-0.2, -0.15) is 0 Å². The molecule has 0 atom stereocenters. The smallest absolute Gasteiger partial charge is 0.293 e. The second kappa shape index (κ2) is 5.32. The number of hydrogen-bond acceptors (Lipinski definition) is 5. The topological polar surface area (TPSA) is 103 Å². The van der Waals surface area contributed by atoms with Gasteiger partial charge in [0.05, 0.1) is 11.5 Å². The maximum absolute atomic E-state index is 11.6. The number of nitrogens with one attached hydrogen (secondary N) is 1. The molecule has 2 aromatic rings. The molecule has 0 saturated carbocycles. The Morgan fingerprint density at radius 2 is 2.11 bits per heavy atom. The number of nitro groups is 1. The molecule has 98 valence electrons. The Kier molecular flexibility index (Phi) is 3.58. The van der Waals surface area contributed by atoms with Crippen LogP contribution in [0.2, 0.25) is 0 Å². The van der Waals surface area contributed by atoms with Crippen LogP contribution in [0.4, 0.5) is 11.4 Å². The van der Waals surface area contributed by atoms with E-state index in [0.29, 0.717) is 6.54 Å². The quantitative estimate of drug-likeness (QED) is 0.486. The highest BCUT2D eigenvalue weighted by molar-refractivity contribution is 5.62. The number of aromatic nitrogens is 1. The van der Waals surface area contributed by atoms with Gasteiger partial charge in [-0.05, 0) is 17.7 Å². The SMILES string of the molecule is NNc1cc(Cn2ccccc2=O)ccc1[N+](=O)[O-]. The van der Waals surface area contributed by atoms with E-state index < -0.39 is 4.92 Å². The average Bonchev–Trinajstić information content (AvgIpc) is 2.41. The van der Waals surface area contributed by atoms with Crippen LogP contribution in [0.3, 0.4) is 0 Å². The normalized spacial score (nSPS) is 10.2. The summed E-state index contributed by atoms with van der Waals surface area (Å²) in [7, 11) is 0. The molecular formula is C12H12N4O3. The highest BCUT2D eigenvalue weighted by atomic mass is 16.6. The molecule has 0 fully saturated rings. The molecule has 0 bridgehead atoms. The summed E-state index contributed by atoms with van der Waals surface area (Å²) in [6, 6.07) is 9.36. The Labute approximate surface area is 108 Å². The lowest BCUT2D eigenvalue weighted by atomic mass is 10.1. The first kappa shape index (κ1) is 12.8. The lowest BCUT2D eigenvalue weighted by molar-refractivity contribution is -0.384. The number of benzene rings is 1. The number of hydrogen-bond donors (Lipinski definition) is 2. The van der Waals surface area contributed by atoms with Crippen molar-refractivity contribution in [2.45, 2.75) is 6.54 Å². The van der Waals surface area contributed by atoms with Crippen molar-refractivity contribution in [1.82, 2.24) is 4.57 Å². The van der Waals surface area contributed by atoms with Crippen molar-refractivity contribution in [2.24, 2.45) is 5.84 Å². The van der Waals surface area contributed by atoms with E-state index in [1.165, 1.54) is 16.7 Å². The molecule has 7 nitrogen and oxygen atoms in total. The summed E-state index contributed by atoms with van der Waals surface area (Å²) in [4.78, 5) is 21.8. The number of hydrazine groups is 1. The summed E-state index contributed by atoms with van der Waals surface area (Å²) >= 11 is 0. The Morgan fingerprint density at radius 3 is 2.74 bits per heavy atom. The van der Waals surface area contributed by atoms with Crippen LogP contribution in [0.1, 0.15) is 5.56 Å². The van der Waals surface area contributed by atoms with Gasteiger partial charge in [0.15, 0.2) is 0 Å². The zero-order valence-corrected chi connectivity index (χ0v) is 9.95. The Balaban J connectivity index is 2.35. The predicted octanol–water partition coefficient (Wildman–Crippen LogP) is 1.09. The highest BCUT2D eigenvalue weighted by Crippen LogP contribution is 2.24. The molecule has 1 heterocycles. The number of nitrogens with two attached hydrogens (primary N) is 1. The molecule has 1 aromatic heterocycles. The molecule has 0 saturated heterocycles. The van der Waals surface area contributed by atoms with Crippen LogP contribution in [0.25, 0.3) is 0 Å². The van der Waals surface area contributed by atoms with Gasteiger partial charge in [-0.1, -0.05) is 12.1 Å². The minimum Gasteiger partial charge on any atom is -0.318 e. The van der Waals surface area contributed by atoms with Crippen LogP contribution in [0.5, 0.6) is 0 Å². The molecule has 0 spiro atoms. The number of pyridine rings is 1. The summed E-state index contributed by atoms with van der Waals surface area (Å²) in [5.74, 6) is 5.26. The molecule has 0 unspecified atom stereocenters. The van der Waals surface area contributed by atoms with Gasteiger partial charge in [0, 0.05) is 18.3 Å². The van der Waals surface area contributed by atoms with E-state index >= 15 is 0 Å². The van der Waals surface area contributed by atoms with Gasteiger partial charge in [-0.25, -0.2) is 0 Å². The first-order valence-electron chi connectivity index (χ1n) is 5.51. The molecule has 0 amide bonds. The average molecular weight is 260 g/mol. The highest BCUT2D eigenvalue weighted by Gasteiger charge is 2.13. The molecular weight excluding hydrogens is 248 g/mol. The van der Waals surface area contributed by atoms with Crippen LogP contribution in [-0.4, -0.2) is 9.49 Å². The first-order chi connectivity index (χ1) is 9.11. The second-order valence-electron chi connectivity index (χ2n) is 3.92. The number of nitro benzene ring substituents is 1. The molecule has 0 radical (unpaired) electrons. The lowest BCUT2D eigenvalue weighted by Crippen LogP contribution is -2.18. The van der Waals surface area contributed by atoms with E-state index in [4.69, 9.17) is 5.84 Å². The molecule has 3 N–H and O–H groups in total. The summed E-state index contributed by atoms with van der Waals surface area (Å²) in [5, 5.41) is 10.8. The van der Waals surface area contributed by atoms with Crippen LogP contribution in [0, 0.1) is 10.1 Å². The summed E-state index contributed by atoms with van der Waals surface area (Å²) in [5.41, 5.74) is 3.00. The second-order valence-corrected chi connectivity index (χ2v) is 3.92. The fourth-order valence-electron chi connectivity index (χ4n) is 1.74. The van der Waals surface area contributed by atoms with E-state index in [0.717, 1.165) is 5.56 Å². The van der Waals surface area contributed by atoms with Gasteiger partial charge >= 0.3 is 0 Å². The van der Waals surface area contributed by atoms with Crippen molar-refractivity contribution in [1.29, 1.82) is 0 Å². The minimum atomic E-state index is -0.520. The lowest BCUT2D eigenvalue weighted by Gasteiger charge is -2.07. The zero-order valence-electron chi connectivity index (χ0n) is 9.95. The van der Waals surface area contributed by atoms with Crippen molar-refractivity contribution < 1.29 is 4.92 Å². The molecule has 0 aliphatic carbocycles. The van der Waals surface area contributed by atoms with E-state index in [1.807, 2.05) is 0 Å². The Bertz CT molecular complexity index is 666. The van der Waals surface area contributed by atoms with Crippen molar-refractivity contribution in [3.05, 3.63) is 68.6 Å². The summed E-state index contributed by atoms with van der Waals surface area (Å²) in [6.45, 7) is 0.326. The number of anilines is 1. The summed E-state index contributed by atoms with van der Waals surface area (Å²) < 4.78 is 1.50. The molecule has 1 aromatic carbocycles. The molecule has 2 rings (SSSR count). The van der Waals surface area contributed by atoms with Gasteiger partial charge in [0.2, 0.25) is 0 Å². The largest absolute Gasteiger partial charge is 0.318 e. The summed E-state index contributed by atoms with van der Waals surface area (Å²) in [6.07, 6.45) is 1.65. The van der Waals surface area contributed by atoms with E-state index in [1.54, 1.807) is 30.5 Å². The van der Waals surface area contributed by atoms with Crippen molar-refractivity contribution >= 4 is 11.4 Å². The number of nitrogen functional groups attached to an aromatic ring is 1. The van der Waals surface area contributed by atoms with E-state index in [9.17, 15) is 14.9 Å². The molecule has 19 heavy (non-hydrogen) atoms. The fraction of sp³-hybridized carbons (Fsp3) is 0.0833. The third-order valence-corrected chi connectivity index (χ3v) is 2.67. The standard InChI is InChI=1S/C12H12N4O3/c13-14-10-7-9(4-5-11(10)16(18)19)8-15-6-2-1-3-12(15)17/h1-7,14H,8,13H2. The Hall–Kier alpha value is -2.67. The van der Waals surface area contributed by atoms with Crippen molar-refractivity contribution in [2.75, 3.05) is 5.43 Å². The van der Waals surface area contributed by atoms with Gasteiger partial charge < -0.3 is 9.99 Å². The van der Waals surface area contributed by atoms with Gasteiger partial charge in [-0.15, -0.1) is 0 Å². The van der Waals surface area contributed by atoms with Crippen LogP contribution in [0.15, 0.2) is 47.4 Å². The minimum absolute atomic E-state index is 0.105. The number of rotatable bonds is 4. The Morgan fingerprint density at radius 1 is 1.32 bits per heavy atom. The monoisotopic (exact) mass is 260 g/mol. The zero-order chi connectivity index (χ0) is 13.8. The van der Waals surface area contributed by atoms with Crippen LogP contribution >= 0.6 is 0 Å². The molecule has 0 aliphatic rings. The van der Waals surface area contributed by atoms with Gasteiger partial charge in [0.1, 0.15) is 5.69 Å². The third kappa shape index (κ3) is 2.78. The van der Waals surface area contributed by atoms with Gasteiger partial charge in [0.25, 0.3) is 11.2 Å². The van der Waals surface area contributed by atoms with Crippen LogP contribution < -0.4 is 16.8 Å². The van der Waals surface area contributed by atoms with E-state index in [-0.39, 0.29) is 16.9 Å². The van der Waals surface area contributed by atoms with Crippen LogP contribution in [-0.2, 0) is 6.54 Å². The van der Waals surface area contributed by atoms with Crippen molar-refractivity contribution in [3.8, 4) is 0 Å². The predicted molar refractivity (Wildman–Crippen MR) is 70.7 cm³/mol. The van der Waals surface area contributed by atoms with E-state index in [2.05, 4.69) is 5.43 Å². The fourth-order valence-corrected chi connectivity index (χ4v) is 1.74. The maximum Gasteiger partial charge on any atom is 0.293 e. The van der Waals surface area contributed by atoms with Gasteiger partial charge in [-0.3, -0.25) is 20.8 Å². The number of nitrogens with zero attached hydrogens (tertiary/aromatic N) is 2. The first-order valence-corrected chi connectivity index (χ1v) is 5.51. The van der Waals surface area contributed by atoms with Crippen molar-refractivity contribution in [3.63, 3.8) is 0 Å². The molecule has 0 aliphatic heterocycles. The third-order valence-electron chi connectivity index (χ3n) is 2.67.